The Bertz CT molecular complexity index is 1310. The topological polar surface area (TPSA) is 91.2 Å². The highest BCUT2D eigenvalue weighted by molar-refractivity contribution is 9.10. The first kappa shape index (κ1) is 25.0. The molecule has 0 saturated carbocycles. The van der Waals surface area contributed by atoms with E-state index >= 15 is 0 Å². The number of carbonyl (C=O) groups excluding carboxylic acids is 2. The zero-order chi connectivity index (χ0) is 24.7. The number of hydrogen-bond donors (Lipinski definition) is 2. The first-order valence-corrected chi connectivity index (χ1v) is 11.4. The van der Waals surface area contributed by atoms with E-state index in [-0.39, 0.29) is 18.1 Å². The van der Waals surface area contributed by atoms with Gasteiger partial charge >= 0.3 is 0 Å². The third kappa shape index (κ3) is 6.95. The summed E-state index contributed by atoms with van der Waals surface area (Å²) < 4.78 is 6.16. The number of halogens is 2. The average Bonchev–Trinajstić information content (AvgIpc) is 2.79. The van der Waals surface area contributed by atoms with Gasteiger partial charge in [-0.2, -0.15) is 5.26 Å². The zero-order valence-electron chi connectivity index (χ0n) is 18.5. The Balaban J connectivity index is 1.63. The van der Waals surface area contributed by atoms with Crippen LogP contribution in [0.1, 0.15) is 16.7 Å². The van der Waals surface area contributed by atoms with Crippen LogP contribution in [0.3, 0.4) is 0 Å². The first-order valence-electron chi connectivity index (χ1n) is 10.2. The molecule has 0 aliphatic carbocycles. The lowest BCUT2D eigenvalue weighted by atomic mass is 10.1. The molecule has 0 heterocycles. The maximum absolute atomic E-state index is 12.5. The van der Waals surface area contributed by atoms with Gasteiger partial charge in [0.05, 0.1) is 4.47 Å². The summed E-state index contributed by atoms with van der Waals surface area (Å²) in [6.45, 7) is 3.59. The van der Waals surface area contributed by atoms with E-state index in [1.54, 1.807) is 36.4 Å². The minimum Gasteiger partial charge on any atom is -0.483 e. The van der Waals surface area contributed by atoms with Crippen LogP contribution in [0.15, 0.2) is 70.7 Å². The van der Waals surface area contributed by atoms with Gasteiger partial charge in [0.25, 0.3) is 11.8 Å². The molecule has 0 unspecified atom stereocenters. The number of ether oxygens (including phenoxy) is 1. The lowest BCUT2D eigenvalue weighted by Gasteiger charge is -2.10. The molecular weight excluding hydrogens is 518 g/mol. The largest absolute Gasteiger partial charge is 0.483 e. The predicted octanol–water partition coefficient (Wildman–Crippen LogP) is 6.28. The van der Waals surface area contributed by atoms with Crippen molar-refractivity contribution in [2.45, 2.75) is 13.8 Å². The summed E-state index contributed by atoms with van der Waals surface area (Å²) in [7, 11) is 0. The number of aryl methyl sites for hydroxylation is 2. The summed E-state index contributed by atoms with van der Waals surface area (Å²) >= 11 is 9.49. The highest BCUT2D eigenvalue weighted by Gasteiger charge is 2.12. The molecular formula is C26H21BrClN3O3. The Kier molecular flexibility index (Phi) is 8.47. The summed E-state index contributed by atoms with van der Waals surface area (Å²) in [6.07, 6.45) is 1.48. The van der Waals surface area contributed by atoms with Gasteiger partial charge in [-0.15, -0.1) is 0 Å². The van der Waals surface area contributed by atoms with Crippen molar-refractivity contribution in [3.63, 3.8) is 0 Å². The van der Waals surface area contributed by atoms with Crippen molar-refractivity contribution >= 4 is 56.8 Å². The monoisotopic (exact) mass is 537 g/mol. The molecule has 6 nitrogen and oxygen atoms in total. The third-order valence-electron chi connectivity index (χ3n) is 4.72. The van der Waals surface area contributed by atoms with Crippen LogP contribution in [0.5, 0.6) is 5.75 Å². The number of rotatable bonds is 7. The fourth-order valence-corrected chi connectivity index (χ4v) is 3.66. The second kappa shape index (κ2) is 11.5. The van der Waals surface area contributed by atoms with Crippen molar-refractivity contribution in [2.24, 2.45) is 0 Å². The lowest BCUT2D eigenvalue weighted by Crippen LogP contribution is -2.20. The molecule has 0 atom stereocenters. The van der Waals surface area contributed by atoms with Crippen LogP contribution in [0.4, 0.5) is 11.4 Å². The molecule has 0 bridgehead atoms. The molecule has 0 aromatic heterocycles. The highest BCUT2D eigenvalue weighted by atomic mass is 79.9. The molecule has 0 fully saturated rings. The van der Waals surface area contributed by atoms with Crippen LogP contribution in [-0.4, -0.2) is 18.4 Å². The molecule has 2 N–H and O–H groups in total. The minimum atomic E-state index is -0.502. The molecule has 172 valence electrons. The number of benzene rings is 3. The van der Waals surface area contributed by atoms with Gasteiger partial charge < -0.3 is 15.4 Å². The van der Waals surface area contributed by atoms with Gasteiger partial charge in [-0.05, 0) is 88.9 Å². The number of amides is 2. The van der Waals surface area contributed by atoms with E-state index in [0.29, 0.717) is 32.2 Å². The molecule has 34 heavy (non-hydrogen) atoms. The number of carbonyl (C=O) groups is 2. The number of nitrogens with one attached hydrogen (secondary N) is 2. The van der Waals surface area contributed by atoms with Gasteiger partial charge in [-0.1, -0.05) is 35.9 Å². The van der Waals surface area contributed by atoms with Crippen LogP contribution in [0.25, 0.3) is 6.08 Å². The second-order valence-corrected chi connectivity index (χ2v) is 8.75. The Morgan fingerprint density at radius 1 is 1.06 bits per heavy atom. The Labute approximate surface area is 211 Å². The second-order valence-electron chi connectivity index (χ2n) is 7.48. The van der Waals surface area contributed by atoms with Crippen LogP contribution >= 0.6 is 27.5 Å². The van der Waals surface area contributed by atoms with E-state index in [9.17, 15) is 14.9 Å². The van der Waals surface area contributed by atoms with Gasteiger partial charge in [0.15, 0.2) is 6.61 Å². The van der Waals surface area contributed by atoms with Gasteiger partial charge in [-0.25, -0.2) is 0 Å². The Morgan fingerprint density at radius 2 is 1.82 bits per heavy atom. The van der Waals surface area contributed by atoms with Crippen molar-refractivity contribution < 1.29 is 14.3 Å². The maximum atomic E-state index is 12.5. The minimum absolute atomic E-state index is 0.0433. The molecule has 2 amide bonds. The van der Waals surface area contributed by atoms with Crippen molar-refractivity contribution in [2.75, 3.05) is 17.2 Å². The fraction of sp³-hybridized carbons (Fsp3) is 0.115. The summed E-state index contributed by atoms with van der Waals surface area (Å²) in [5.41, 5.74) is 3.68. The van der Waals surface area contributed by atoms with Gasteiger partial charge in [0, 0.05) is 16.4 Å². The van der Waals surface area contributed by atoms with E-state index in [1.807, 2.05) is 44.2 Å². The molecule has 3 aromatic carbocycles. The van der Waals surface area contributed by atoms with E-state index in [2.05, 4.69) is 26.6 Å². The molecule has 0 radical (unpaired) electrons. The van der Waals surface area contributed by atoms with E-state index in [4.69, 9.17) is 16.3 Å². The highest BCUT2D eigenvalue weighted by Crippen LogP contribution is 2.27. The Morgan fingerprint density at radius 3 is 2.50 bits per heavy atom. The lowest BCUT2D eigenvalue weighted by molar-refractivity contribution is -0.118. The molecule has 3 aromatic rings. The van der Waals surface area contributed by atoms with E-state index in [1.165, 1.54) is 6.08 Å². The summed E-state index contributed by atoms with van der Waals surface area (Å²) in [4.78, 5) is 24.7. The molecule has 3 rings (SSSR count). The van der Waals surface area contributed by atoms with Gasteiger partial charge in [0.2, 0.25) is 0 Å². The third-order valence-corrected chi connectivity index (χ3v) is 5.75. The molecule has 8 heteroatoms. The van der Waals surface area contributed by atoms with Crippen molar-refractivity contribution in [1.29, 1.82) is 5.26 Å². The number of anilines is 2. The van der Waals surface area contributed by atoms with Gasteiger partial charge in [0.1, 0.15) is 17.4 Å². The van der Waals surface area contributed by atoms with Crippen molar-refractivity contribution in [1.82, 2.24) is 0 Å². The standard InChI is InChI=1S/C26H21BrClN3O3/c1-16-4-3-5-20(10-16)31-26(33)19(14-29)11-18-7-9-24(22(27)12-18)34-15-25(32)30-21-8-6-17(2)23(28)13-21/h3-13H,15H2,1-2H3,(H,30,32)(H,31,33)/b19-11+. The van der Waals surface area contributed by atoms with Crippen LogP contribution < -0.4 is 15.4 Å². The molecule has 0 aliphatic heterocycles. The number of nitrogens with zero attached hydrogens (tertiary/aromatic N) is 1. The normalized spacial score (nSPS) is 10.9. The zero-order valence-corrected chi connectivity index (χ0v) is 20.8. The first-order chi connectivity index (χ1) is 16.2. The van der Waals surface area contributed by atoms with Crippen LogP contribution in [0.2, 0.25) is 5.02 Å². The molecule has 0 aliphatic rings. The Hall–Kier alpha value is -3.60. The molecule has 0 spiro atoms. The predicted molar refractivity (Wildman–Crippen MR) is 138 cm³/mol. The summed E-state index contributed by atoms with van der Waals surface area (Å²) in [5, 5.41) is 15.5. The van der Waals surface area contributed by atoms with Gasteiger partial charge in [-0.3, -0.25) is 9.59 Å². The van der Waals surface area contributed by atoms with Crippen LogP contribution in [0, 0.1) is 25.2 Å². The SMILES string of the molecule is Cc1cccc(NC(=O)/C(C#N)=C/c2ccc(OCC(=O)Nc3ccc(C)c(Cl)c3)c(Br)c2)c1. The fourth-order valence-electron chi connectivity index (χ4n) is 2.97. The van der Waals surface area contributed by atoms with E-state index in [0.717, 1.165) is 11.1 Å². The summed E-state index contributed by atoms with van der Waals surface area (Å²) in [6, 6.07) is 19.5. The maximum Gasteiger partial charge on any atom is 0.266 e. The number of hydrogen-bond acceptors (Lipinski definition) is 4. The molecule has 0 saturated heterocycles. The smallest absolute Gasteiger partial charge is 0.266 e. The van der Waals surface area contributed by atoms with Crippen molar-refractivity contribution in [3.8, 4) is 11.8 Å². The quantitative estimate of drug-likeness (QED) is 0.273. The number of nitriles is 1. The summed E-state index contributed by atoms with van der Waals surface area (Å²) in [5.74, 6) is -0.398. The van der Waals surface area contributed by atoms with Crippen molar-refractivity contribution in [3.05, 3.63) is 92.4 Å². The van der Waals surface area contributed by atoms with Crippen LogP contribution in [-0.2, 0) is 9.59 Å². The average molecular weight is 539 g/mol. The van der Waals surface area contributed by atoms with E-state index < -0.39 is 5.91 Å².